The number of methoxy groups -OCH3 is 1. The number of aliphatic hydroxyl groups is 1. The number of rotatable bonds is 5. The monoisotopic (exact) mass is 158 g/mol. The van der Waals surface area contributed by atoms with Crippen LogP contribution in [0.1, 0.15) is 26.2 Å². The molecule has 0 aromatic carbocycles. The van der Waals surface area contributed by atoms with Crippen LogP contribution in [0, 0.1) is 11.3 Å². The molecule has 2 heteroatoms. The number of hydrogen-bond donors (Lipinski definition) is 1. The van der Waals surface area contributed by atoms with E-state index in [2.05, 4.69) is 6.92 Å². The van der Waals surface area contributed by atoms with Crippen LogP contribution in [0.2, 0.25) is 0 Å². The third kappa shape index (κ3) is 1.94. The fourth-order valence-electron chi connectivity index (χ4n) is 1.57. The van der Waals surface area contributed by atoms with Crippen molar-refractivity contribution in [3.8, 4) is 0 Å². The van der Waals surface area contributed by atoms with Gasteiger partial charge < -0.3 is 9.84 Å². The van der Waals surface area contributed by atoms with Gasteiger partial charge in [-0.15, -0.1) is 0 Å². The molecule has 0 aromatic rings. The maximum Gasteiger partial charge on any atom is 0.0489 e. The Balaban J connectivity index is 2.23. The van der Waals surface area contributed by atoms with Gasteiger partial charge in [-0.2, -0.15) is 0 Å². The first-order chi connectivity index (χ1) is 5.25. The van der Waals surface area contributed by atoms with Crippen LogP contribution in [0.15, 0.2) is 0 Å². The largest absolute Gasteiger partial charge is 0.396 e. The summed E-state index contributed by atoms with van der Waals surface area (Å²) in [6.45, 7) is 3.39. The summed E-state index contributed by atoms with van der Waals surface area (Å²) in [7, 11) is 1.73. The van der Waals surface area contributed by atoms with E-state index in [0.717, 1.165) is 13.0 Å². The molecule has 1 rings (SSSR count). The van der Waals surface area contributed by atoms with Crippen LogP contribution in [0.25, 0.3) is 0 Å². The van der Waals surface area contributed by atoms with Crippen molar-refractivity contribution in [2.75, 3.05) is 20.3 Å². The van der Waals surface area contributed by atoms with Crippen LogP contribution in [-0.2, 0) is 4.74 Å². The van der Waals surface area contributed by atoms with Gasteiger partial charge in [0, 0.05) is 20.3 Å². The molecule has 1 aliphatic rings. The highest BCUT2D eigenvalue weighted by Crippen LogP contribution is 2.52. The van der Waals surface area contributed by atoms with Crippen molar-refractivity contribution in [3.05, 3.63) is 0 Å². The van der Waals surface area contributed by atoms with Gasteiger partial charge in [0.1, 0.15) is 0 Å². The summed E-state index contributed by atoms with van der Waals surface area (Å²) in [5, 5.41) is 9.09. The van der Waals surface area contributed by atoms with Gasteiger partial charge in [-0.05, 0) is 30.6 Å². The van der Waals surface area contributed by atoms with Crippen LogP contribution in [0.3, 0.4) is 0 Å². The standard InChI is InChI=1S/C9H18O2/c1-8(3-6-11-2)9(7-10)4-5-9/h8,10H,3-7H2,1-2H3. The van der Waals surface area contributed by atoms with Crippen molar-refractivity contribution in [1.29, 1.82) is 0 Å². The Kier molecular flexibility index (Phi) is 2.90. The van der Waals surface area contributed by atoms with E-state index < -0.39 is 0 Å². The average molecular weight is 158 g/mol. The summed E-state index contributed by atoms with van der Waals surface area (Å²) in [5.41, 5.74) is 0.276. The number of ether oxygens (including phenoxy) is 1. The molecular weight excluding hydrogens is 140 g/mol. The lowest BCUT2D eigenvalue weighted by Crippen LogP contribution is -2.18. The molecule has 0 aliphatic heterocycles. The third-order valence-electron chi connectivity index (χ3n) is 3.01. The Morgan fingerprint density at radius 3 is 2.55 bits per heavy atom. The van der Waals surface area contributed by atoms with E-state index in [9.17, 15) is 0 Å². The summed E-state index contributed by atoms with van der Waals surface area (Å²) in [5.74, 6) is 0.618. The van der Waals surface area contributed by atoms with Gasteiger partial charge >= 0.3 is 0 Å². The Hall–Kier alpha value is -0.0800. The first-order valence-corrected chi connectivity index (χ1v) is 4.35. The lowest BCUT2D eigenvalue weighted by Gasteiger charge is -2.20. The minimum atomic E-state index is 0.276. The lowest BCUT2D eigenvalue weighted by molar-refractivity contribution is 0.122. The minimum absolute atomic E-state index is 0.276. The molecule has 0 amide bonds. The minimum Gasteiger partial charge on any atom is -0.396 e. The maximum atomic E-state index is 9.09. The van der Waals surface area contributed by atoms with Gasteiger partial charge in [-0.25, -0.2) is 0 Å². The summed E-state index contributed by atoms with van der Waals surface area (Å²) in [4.78, 5) is 0. The number of hydrogen-bond acceptors (Lipinski definition) is 2. The highest BCUT2D eigenvalue weighted by atomic mass is 16.5. The van der Waals surface area contributed by atoms with Gasteiger partial charge in [0.15, 0.2) is 0 Å². The predicted octanol–water partition coefficient (Wildman–Crippen LogP) is 1.43. The number of aliphatic hydroxyl groups excluding tert-OH is 1. The Labute approximate surface area is 68.6 Å². The molecule has 1 N–H and O–H groups in total. The van der Waals surface area contributed by atoms with Crippen LogP contribution >= 0.6 is 0 Å². The van der Waals surface area contributed by atoms with Gasteiger partial charge in [0.25, 0.3) is 0 Å². The summed E-state index contributed by atoms with van der Waals surface area (Å²) < 4.78 is 5.00. The molecule has 66 valence electrons. The molecule has 11 heavy (non-hydrogen) atoms. The van der Waals surface area contributed by atoms with Crippen LogP contribution in [0.4, 0.5) is 0 Å². The topological polar surface area (TPSA) is 29.5 Å². The molecule has 0 bridgehead atoms. The summed E-state index contributed by atoms with van der Waals surface area (Å²) in [6, 6.07) is 0. The van der Waals surface area contributed by atoms with E-state index in [0.29, 0.717) is 12.5 Å². The van der Waals surface area contributed by atoms with Crippen molar-refractivity contribution in [1.82, 2.24) is 0 Å². The molecule has 1 unspecified atom stereocenters. The second kappa shape index (κ2) is 3.55. The molecule has 1 aliphatic carbocycles. The zero-order valence-corrected chi connectivity index (χ0v) is 7.47. The molecule has 0 saturated heterocycles. The zero-order chi connectivity index (χ0) is 8.32. The molecule has 1 atom stereocenters. The van der Waals surface area contributed by atoms with E-state index in [-0.39, 0.29) is 5.41 Å². The van der Waals surface area contributed by atoms with E-state index in [4.69, 9.17) is 9.84 Å². The SMILES string of the molecule is COCCC(C)C1(CO)CC1. The maximum absolute atomic E-state index is 9.09. The second-order valence-corrected chi connectivity index (χ2v) is 3.70. The highest BCUT2D eigenvalue weighted by molar-refractivity contribution is 4.96. The van der Waals surface area contributed by atoms with E-state index >= 15 is 0 Å². The third-order valence-corrected chi connectivity index (χ3v) is 3.01. The first-order valence-electron chi connectivity index (χ1n) is 4.35. The Bertz CT molecular complexity index is 119. The van der Waals surface area contributed by atoms with Crippen LogP contribution in [-0.4, -0.2) is 25.4 Å². The quantitative estimate of drug-likeness (QED) is 0.656. The van der Waals surface area contributed by atoms with Gasteiger partial charge in [-0.3, -0.25) is 0 Å². The second-order valence-electron chi connectivity index (χ2n) is 3.70. The Morgan fingerprint density at radius 1 is 1.55 bits per heavy atom. The molecular formula is C9H18O2. The summed E-state index contributed by atoms with van der Waals surface area (Å²) >= 11 is 0. The smallest absolute Gasteiger partial charge is 0.0489 e. The van der Waals surface area contributed by atoms with E-state index in [1.807, 2.05) is 0 Å². The van der Waals surface area contributed by atoms with E-state index in [1.165, 1.54) is 12.8 Å². The zero-order valence-electron chi connectivity index (χ0n) is 7.47. The molecule has 0 heterocycles. The fourth-order valence-corrected chi connectivity index (χ4v) is 1.57. The predicted molar refractivity (Wildman–Crippen MR) is 44.4 cm³/mol. The van der Waals surface area contributed by atoms with Gasteiger partial charge in [0.05, 0.1) is 0 Å². The molecule has 2 nitrogen and oxygen atoms in total. The summed E-state index contributed by atoms with van der Waals surface area (Å²) in [6.07, 6.45) is 3.49. The average Bonchev–Trinajstić information content (AvgIpc) is 2.80. The molecule has 1 saturated carbocycles. The van der Waals surface area contributed by atoms with Crippen molar-refractivity contribution in [2.24, 2.45) is 11.3 Å². The molecule has 0 spiro atoms. The van der Waals surface area contributed by atoms with Gasteiger partial charge in [0.2, 0.25) is 0 Å². The van der Waals surface area contributed by atoms with Crippen molar-refractivity contribution in [2.45, 2.75) is 26.2 Å². The van der Waals surface area contributed by atoms with Crippen molar-refractivity contribution in [3.63, 3.8) is 0 Å². The highest BCUT2D eigenvalue weighted by Gasteiger charge is 2.46. The molecule has 0 radical (unpaired) electrons. The molecule has 1 fully saturated rings. The first kappa shape index (κ1) is 9.01. The fraction of sp³-hybridized carbons (Fsp3) is 1.00. The normalized spacial score (nSPS) is 23.2. The van der Waals surface area contributed by atoms with Crippen LogP contribution in [0.5, 0.6) is 0 Å². The van der Waals surface area contributed by atoms with Gasteiger partial charge in [-0.1, -0.05) is 6.92 Å². The Morgan fingerprint density at radius 2 is 2.18 bits per heavy atom. The van der Waals surface area contributed by atoms with E-state index in [1.54, 1.807) is 7.11 Å². The molecule has 0 aromatic heterocycles. The lowest BCUT2D eigenvalue weighted by atomic mass is 9.89. The van der Waals surface area contributed by atoms with Crippen molar-refractivity contribution >= 4 is 0 Å². The van der Waals surface area contributed by atoms with Crippen molar-refractivity contribution < 1.29 is 9.84 Å². The van der Waals surface area contributed by atoms with Crippen LogP contribution < -0.4 is 0 Å².